The third-order valence-electron chi connectivity index (χ3n) is 2.56. The molecule has 1 aliphatic carbocycles. The number of nitrogens with one attached hydrogen (secondary N) is 3. The van der Waals surface area contributed by atoms with Gasteiger partial charge in [0.15, 0.2) is 0 Å². The Hall–Kier alpha value is -1.10. The molecule has 0 bridgehead atoms. The normalized spacial score (nSPS) is 16.7. The maximum absolute atomic E-state index is 11.5. The van der Waals surface area contributed by atoms with Crippen LogP contribution >= 0.6 is 0 Å². The highest BCUT2D eigenvalue weighted by Gasteiger charge is 2.20. The summed E-state index contributed by atoms with van der Waals surface area (Å²) in [4.78, 5) is 23.1. The Morgan fingerprint density at radius 3 is 2.35 bits per heavy atom. The second kappa shape index (κ2) is 6.59. The molecule has 0 aliphatic heterocycles. The number of hydrogen-bond donors (Lipinski definition) is 3. The lowest BCUT2D eigenvalue weighted by molar-refractivity contribution is -0.128. The molecular formula is C12H23N3O2. The molecule has 98 valence electrons. The van der Waals surface area contributed by atoms with Crippen LogP contribution in [0.5, 0.6) is 0 Å². The van der Waals surface area contributed by atoms with Gasteiger partial charge in [-0.2, -0.15) is 0 Å². The van der Waals surface area contributed by atoms with Crippen LogP contribution in [0.3, 0.4) is 0 Å². The van der Waals surface area contributed by atoms with E-state index in [-0.39, 0.29) is 17.9 Å². The Morgan fingerprint density at radius 1 is 1.18 bits per heavy atom. The van der Waals surface area contributed by atoms with Crippen LogP contribution < -0.4 is 16.0 Å². The van der Waals surface area contributed by atoms with Crippen molar-refractivity contribution in [1.29, 1.82) is 0 Å². The van der Waals surface area contributed by atoms with Crippen molar-refractivity contribution in [2.45, 2.75) is 58.2 Å². The summed E-state index contributed by atoms with van der Waals surface area (Å²) in [5, 5.41) is 8.71. The average Bonchev–Trinajstić information content (AvgIpc) is 3.00. The molecule has 1 rings (SSSR count). The van der Waals surface area contributed by atoms with Gasteiger partial charge in [0.1, 0.15) is 6.04 Å². The first-order chi connectivity index (χ1) is 7.99. The monoisotopic (exact) mass is 241 g/mol. The summed E-state index contributed by atoms with van der Waals surface area (Å²) in [5.74, 6) is -0.215. The van der Waals surface area contributed by atoms with Gasteiger partial charge in [0.25, 0.3) is 0 Å². The maximum Gasteiger partial charge on any atom is 0.242 e. The van der Waals surface area contributed by atoms with Gasteiger partial charge >= 0.3 is 0 Å². The van der Waals surface area contributed by atoms with Gasteiger partial charge < -0.3 is 16.0 Å². The van der Waals surface area contributed by atoms with Crippen LogP contribution in [0.2, 0.25) is 0 Å². The van der Waals surface area contributed by atoms with E-state index in [1.807, 2.05) is 13.8 Å². The van der Waals surface area contributed by atoms with Crippen molar-refractivity contribution in [2.24, 2.45) is 0 Å². The minimum Gasteiger partial charge on any atom is -0.352 e. The molecule has 0 saturated heterocycles. The molecule has 1 fully saturated rings. The molecule has 1 unspecified atom stereocenters. The Balaban J connectivity index is 2.12. The molecule has 0 aromatic heterocycles. The zero-order valence-electron chi connectivity index (χ0n) is 10.9. The fraction of sp³-hybridized carbons (Fsp3) is 0.833. The van der Waals surface area contributed by atoms with Gasteiger partial charge in [-0.3, -0.25) is 9.59 Å². The number of amides is 2. The van der Waals surface area contributed by atoms with E-state index < -0.39 is 6.04 Å². The predicted molar refractivity (Wildman–Crippen MR) is 66.5 cm³/mol. The van der Waals surface area contributed by atoms with Crippen LogP contribution in [0, 0.1) is 0 Å². The quantitative estimate of drug-likeness (QED) is 0.594. The molecule has 0 aromatic carbocycles. The van der Waals surface area contributed by atoms with E-state index in [0.29, 0.717) is 19.0 Å². The molecule has 0 aromatic rings. The van der Waals surface area contributed by atoms with Gasteiger partial charge in [0.2, 0.25) is 11.8 Å². The van der Waals surface area contributed by atoms with Crippen molar-refractivity contribution < 1.29 is 9.59 Å². The smallest absolute Gasteiger partial charge is 0.242 e. The van der Waals surface area contributed by atoms with Gasteiger partial charge in [0.05, 0.1) is 0 Å². The lowest BCUT2D eigenvalue weighted by atomic mass is 10.2. The number of carbonyl (C=O) groups excluding carboxylic acids is 2. The first-order valence-electron chi connectivity index (χ1n) is 6.32. The summed E-state index contributed by atoms with van der Waals surface area (Å²) in [7, 11) is 0. The largest absolute Gasteiger partial charge is 0.352 e. The van der Waals surface area contributed by atoms with Crippen LogP contribution in [-0.2, 0) is 9.59 Å². The topological polar surface area (TPSA) is 70.2 Å². The summed E-state index contributed by atoms with van der Waals surface area (Å²) in [6, 6.07) is 0.244. The zero-order chi connectivity index (χ0) is 12.8. The zero-order valence-corrected chi connectivity index (χ0v) is 10.9. The van der Waals surface area contributed by atoms with Crippen LogP contribution in [0.4, 0.5) is 0 Å². The van der Waals surface area contributed by atoms with Crippen LogP contribution in [0.25, 0.3) is 0 Å². The Morgan fingerprint density at radius 2 is 1.82 bits per heavy atom. The second-order valence-electron chi connectivity index (χ2n) is 4.93. The summed E-state index contributed by atoms with van der Waals surface area (Å²) in [6.45, 7) is 6.18. The van der Waals surface area contributed by atoms with Crippen molar-refractivity contribution in [1.82, 2.24) is 16.0 Å². The molecule has 5 nitrogen and oxygen atoms in total. The molecule has 1 saturated carbocycles. The standard InChI is InChI=1S/C12H23N3O2/c1-8(2)14-12(17)9(3)15-11(16)6-7-13-10-4-5-10/h8-10,13H,4-7H2,1-3H3,(H,14,17)(H,15,16). The lowest BCUT2D eigenvalue weighted by Crippen LogP contribution is -2.47. The van der Waals surface area contributed by atoms with Crippen molar-refractivity contribution in [3.63, 3.8) is 0 Å². The molecule has 17 heavy (non-hydrogen) atoms. The van der Waals surface area contributed by atoms with Gasteiger partial charge in [-0.25, -0.2) is 0 Å². The third-order valence-corrected chi connectivity index (χ3v) is 2.56. The van der Waals surface area contributed by atoms with Gasteiger partial charge in [-0.15, -0.1) is 0 Å². The van der Waals surface area contributed by atoms with Crippen molar-refractivity contribution >= 4 is 11.8 Å². The summed E-state index contributed by atoms with van der Waals surface area (Å²) in [5.41, 5.74) is 0. The Labute approximate surface area is 103 Å². The van der Waals surface area contributed by atoms with Crippen molar-refractivity contribution in [2.75, 3.05) is 6.54 Å². The minimum absolute atomic E-state index is 0.0791. The van der Waals surface area contributed by atoms with Crippen LogP contribution in [-0.4, -0.2) is 36.5 Å². The molecule has 1 atom stereocenters. The number of rotatable bonds is 7. The maximum atomic E-state index is 11.5. The minimum atomic E-state index is -0.467. The van der Waals surface area contributed by atoms with Gasteiger partial charge in [0, 0.05) is 25.0 Å². The van der Waals surface area contributed by atoms with E-state index in [1.165, 1.54) is 12.8 Å². The average molecular weight is 241 g/mol. The van der Waals surface area contributed by atoms with Gasteiger partial charge in [-0.1, -0.05) is 0 Å². The molecule has 2 amide bonds. The molecule has 0 spiro atoms. The first-order valence-corrected chi connectivity index (χ1v) is 6.32. The molecule has 0 heterocycles. The highest BCUT2D eigenvalue weighted by molar-refractivity contribution is 5.87. The fourth-order valence-corrected chi connectivity index (χ4v) is 1.47. The SMILES string of the molecule is CC(C)NC(=O)C(C)NC(=O)CCNC1CC1. The van der Waals surface area contributed by atoms with Crippen LogP contribution in [0.1, 0.15) is 40.0 Å². The molecule has 5 heteroatoms. The van der Waals surface area contributed by atoms with E-state index >= 15 is 0 Å². The van der Waals surface area contributed by atoms with Gasteiger partial charge in [-0.05, 0) is 33.6 Å². The molecule has 1 aliphatic rings. The van der Waals surface area contributed by atoms with Crippen LogP contribution in [0.15, 0.2) is 0 Å². The summed E-state index contributed by atoms with van der Waals surface area (Å²) in [6.07, 6.45) is 2.86. The molecule has 0 radical (unpaired) electrons. The molecular weight excluding hydrogens is 218 g/mol. The van der Waals surface area contributed by atoms with E-state index in [1.54, 1.807) is 6.92 Å². The highest BCUT2D eigenvalue weighted by atomic mass is 16.2. The van der Waals surface area contributed by atoms with E-state index in [4.69, 9.17) is 0 Å². The van der Waals surface area contributed by atoms with E-state index in [0.717, 1.165) is 0 Å². The Bertz CT molecular complexity index is 275. The Kier molecular flexibility index (Phi) is 5.41. The first kappa shape index (κ1) is 14.0. The predicted octanol–water partition coefficient (Wildman–Crippen LogP) is 0.158. The van der Waals surface area contributed by atoms with E-state index in [2.05, 4.69) is 16.0 Å². The lowest BCUT2D eigenvalue weighted by Gasteiger charge is -2.16. The summed E-state index contributed by atoms with van der Waals surface area (Å²) < 4.78 is 0. The summed E-state index contributed by atoms with van der Waals surface area (Å²) >= 11 is 0. The number of hydrogen-bond acceptors (Lipinski definition) is 3. The van der Waals surface area contributed by atoms with Crippen molar-refractivity contribution in [3.05, 3.63) is 0 Å². The van der Waals surface area contributed by atoms with E-state index in [9.17, 15) is 9.59 Å². The third kappa shape index (κ3) is 6.26. The second-order valence-corrected chi connectivity index (χ2v) is 4.93. The number of carbonyl (C=O) groups is 2. The highest BCUT2D eigenvalue weighted by Crippen LogP contribution is 2.18. The molecule has 3 N–H and O–H groups in total. The van der Waals surface area contributed by atoms with Crippen molar-refractivity contribution in [3.8, 4) is 0 Å². The fourth-order valence-electron chi connectivity index (χ4n) is 1.47.